The van der Waals surface area contributed by atoms with Gasteiger partial charge < -0.3 is 15.8 Å². The van der Waals surface area contributed by atoms with Gasteiger partial charge in [0.15, 0.2) is 11.4 Å². The number of carbonyl (C=O) groups is 1. The monoisotopic (exact) mass is 408 g/mol. The van der Waals surface area contributed by atoms with E-state index in [1.807, 2.05) is 0 Å². The molecule has 0 spiro atoms. The number of benzene rings is 1. The average molecular weight is 409 g/mol. The SMILES string of the molecule is Cc1nc2c(OCc3c(F)cccc3F)cc(Cl)cn2c1C(=O)NC(C)CN. The molecule has 3 aromatic rings. The highest BCUT2D eigenvalue weighted by Crippen LogP contribution is 2.28. The molecule has 1 unspecified atom stereocenters. The molecule has 0 saturated heterocycles. The van der Waals surface area contributed by atoms with E-state index in [0.29, 0.717) is 11.3 Å². The summed E-state index contributed by atoms with van der Waals surface area (Å²) in [5, 5.41) is 3.04. The Kier molecular flexibility index (Phi) is 5.81. The van der Waals surface area contributed by atoms with Crippen LogP contribution in [0, 0.1) is 18.6 Å². The number of amides is 1. The maximum Gasteiger partial charge on any atom is 0.270 e. The molecule has 28 heavy (non-hydrogen) atoms. The van der Waals surface area contributed by atoms with Crippen molar-refractivity contribution >= 4 is 23.2 Å². The topological polar surface area (TPSA) is 81.7 Å². The number of hydrogen-bond donors (Lipinski definition) is 2. The van der Waals surface area contributed by atoms with Gasteiger partial charge in [0.05, 0.1) is 16.3 Å². The Labute approximate surface area is 165 Å². The molecule has 2 aromatic heterocycles. The highest BCUT2D eigenvalue weighted by atomic mass is 35.5. The summed E-state index contributed by atoms with van der Waals surface area (Å²) in [6, 6.07) is 4.83. The zero-order valence-electron chi connectivity index (χ0n) is 15.3. The number of nitrogens with one attached hydrogen (secondary N) is 1. The first-order valence-electron chi connectivity index (χ1n) is 8.56. The fourth-order valence-corrected chi connectivity index (χ4v) is 2.94. The Morgan fingerprint density at radius 2 is 2.07 bits per heavy atom. The van der Waals surface area contributed by atoms with Crippen LogP contribution in [0.4, 0.5) is 8.78 Å². The first-order valence-corrected chi connectivity index (χ1v) is 8.94. The van der Waals surface area contributed by atoms with Crippen LogP contribution in [0.2, 0.25) is 5.02 Å². The van der Waals surface area contributed by atoms with E-state index >= 15 is 0 Å². The molecule has 0 aliphatic heterocycles. The molecule has 1 amide bonds. The van der Waals surface area contributed by atoms with Crippen molar-refractivity contribution in [3.05, 3.63) is 64.1 Å². The van der Waals surface area contributed by atoms with Gasteiger partial charge >= 0.3 is 0 Å². The number of pyridine rings is 1. The number of nitrogens with zero attached hydrogens (tertiary/aromatic N) is 2. The summed E-state index contributed by atoms with van der Waals surface area (Å²) in [7, 11) is 0. The molecule has 2 heterocycles. The molecule has 3 rings (SSSR count). The third-order valence-corrected chi connectivity index (χ3v) is 4.41. The van der Waals surface area contributed by atoms with E-state index in [1.165, 1.54) is 22.7 Å². The number of aryl methyl sites for hydroxylation is 1. The Morgan fingerprint density at radius 3 is 2.71 bits per heavy atom. The summed E-state index contributed by atoms with van der Waals surface area (Å²) >= 11 is 6.16. The van der Waals surface area contributed by atoms with E-state index in [0.717, 1.165) is 12.1 Å². The molecule has 0 fully saturated rings. The number of aromatic nitrogens is 2. The van der Waals surface area contributed by atoms with Crippen LogP contribution in [-0.2, 0) is 6.61 Å². The summed E-state index contributed by atoms with van der Waals surface area (Å²) in [5.41, 5.74) is 6.38. The summed E-state index contributed by atoms with van der Waals surface area (Å²) in [4.78, 5) is 17.0. The number of carbonyl (C=O) groups excluding carboxylic acids is 1. The fourth-order valence-electron chi connectivity index (χ4n) is 2.75. The first kappa shape index (κ1) is 20.0. The minimum atomic E-state index is -0.714. The minimum Gasteiger partial charge on any atom is -0.485 e. The van der Waals surface area contributed by atoms with E-state index in [-0.39, 0.29) is 47.1 Å². The molecule has 0 aliphatic rings. The molecule has 0 radical (unpaired) electrons. The maximum atomic E-state index is 13.8. The summed E-state index contributed by atoms with van der Waals surface area (Å²) in [5.74, 6) is -1.60. The van der Waals surface area contributed by atoms with Gasteiger partial charge in [-0.15, -0.1) is 0 Å². The van der Waals surface area contributed by atoms with E-state index in [1.54, 1.807) is 13.8 Å². The third-order valence-electron chi connectivity index (χ3n) is 4.21. The number of halogens is 3. The molecule has 3 N–H and O–H groups in total. The van der Waals surface area contributed by atoms with Gasteiger partial charge in [-0.2, -0.15) is 0 Å². The minimum absolute atomic E-state index is 0.198. The molecule has 1 aromatic carbocycles. The number of fused-ring (bicyclic) bond motifs is 1. The number of hydrogen-bond acceptors (Lipinski definition) is 4. The van der Waals surface area contributed by atoms with Crippen molar-refractivity contribution in [1.29, 1.82) is 0 Å². The lowest BCUT2D eigenvalue weighted by Crippen LogP contribution is -2.38. The second-order valence-corrected chi connectivity index (χ2v) is 6.80. The van der Waals surface area contributed by atoms with Crippen LogP contribution in [0.1, 0.15) is 28.7 Å². The normalized spacial score (nSPS) is 12.2. The number of ether oxygens (including phenoxy) is 1. The second-order valence-electron chi connectivity index (χ2n) is 6.36. The average Bonchev–Trinajstić information content (AvgIpc) is 2.96. The summed E-state index contributed by atoms with van der Waals surface area (Å²) in [6.07, 6.45) is 1.52. The van der Waals surface area contributed by atoms with Crippen molar-refractivity contribution in [2.45, 2.75) is 26.5 Å². The largest absolute Gasteiger partial charge is 0.485 e. The predicted molar refractivity (Wildman–Crippen MR) is 102 cm³/mol. The van der Waals surface area contributed by atoms with Crippen LogP contribution in [0.25, 0.3) is 5.65 Å². The summed E-state index contributed by atoms with van der Waals surface area (Å²) in [6.45, 7) is 3.38. The van der Waals surface area contributed by atoms with Gasteiger partial charge in [-0.25, -0.2) is 13.8 Å². The highest BCUT2D eigenvalue weighted by Gasteiger charge is 2.21. The quantitative estimate of drug-likeness (QED) is 0.656. The zero-order chi connectivity index (χ0) is 20.4. The molecular formula is C19H19ClF2N4O2. The molecular weight excluding hydrogens is 390 g/mol. The van der Waals surface area contributed by atoms with Gasteiger partial charge in [-0.1, -0.05) is 17.7 Å². The first-order chi connectivity index (χ1) is 13.3. The molecule has 1 atom stereocenters. The van der Waals surface area contributed by atoms with Crippen LogP contribution in [0.3, 0.4) is 0 Å². The molecule has 9 heteroatoms. The second kappa shape index (κ2) is 8.12. The number of rotatable bonds is 6. The van der Waals surface area contributed by atoms with Crippen molar-refractivity contribution in [2.75, 3.05) is 6.54 Å². The van der Waals surface area contributed by atoms with Crippen LogP contribution in [-0.4, -0.2) is 27.9 Å². The van der Waals surface area contributed by atoms with E-state index < -0.39 is 11.6 Å². The lowest BCUT2D eigenvalue weighted by Gasteiger charge is -2.12. The Bertz CT molecular complexity index is 1020. The molecule has 6 nitrogen and oxygen atoms in total. The van der Waals surface area contributed by atoms with E-state index in [4.69, 9.17) is 22.1 Å². The van der Waals surface area contributed by atoms with E-state index in [9.17, 15) is 13.6 Å². The third kappa shape index (κ3) is 3.93. The zero-order valence-corrected chi connectivity index (χ0v) is 16.1. The van der Waals surface area contributed by atoms with Crippen molar-refractivity contribution in [3.63, 3.8) is 0 Å². The smallest absolute Gasteiger partial charge is 0.270 e. The Balaban J connectivity index is 1.98. The van der Waals surface area contributed by atoms with Gasteiger partial charge in [0, 0.05) is 24.8 Å². The van der Waals surface area contributed by atoms with Crippen LogP contribution >= 0.6 is 11.6 Å². The molecule has 0 aliphatic carbocycles. The predicted octanol–water partition coefficient (Wildman–Crippen LogP) is 3.23. The number of nitrogens with two attached hydrogens (primary N) is 1. The van der Waals surface area contributed by atoms with Crippen LogP contribution in [0.5, 0.6) is 5.75 Å². The lowest BCUT2D eigenvalue weighted by molar-refractivity contribution is 0.0934. The van der Waals surface area contributed by atoms with Crippen LogP contribution < -0.4 is 15.8 Å². The van der Waals surface area contributed by atoms with Crippen LogP contribution in [0.15, 0.2) is 30.5 Å². The van der Waals surface area contributed by atoms with Crippen molar-refractivity contribution in [3.8, 4) is 5.75 Å². The molecule has 0 bridgehead atoms. The molecule has 148 valence electrons. The van der Waals surface area contributed by atoms with Crippen molar-refractivity contribution < 1.29 is 18.3 Å². The van der Waals surface area contributed by atoms with Crippen molar-refractivity contribution in [1.82, 2.24) is 14.7 Å². The summed E-state index contributed by atoms with van der Waals surface area (Å²) < 4.78 is 34.8. The van der Waals surface area contributed by atoms with Gasteiger partial charge in [0.2, 0.25) is 0 Å². The van der Waals surface area contributed by atoms with Gasteiger partial charge in [0.25, 0.3) is 5.91 Å². The highest BCUT2D eigenvalue weighted by molar-refractivity contribution is 6.30. The molecule has 0 saturated carbocycles. The Hall–Kier alpha value is -2.71. The van der Waals surface area contributed by atoms with Crippen molar-refractivity contribution in [2.24, 2.45) is 5.73 Å². The van der Waals surface area contributed by atoms with Gasteiger partial charge in [-0.05, 0) is 26.0 Å². The van der Waals surface area contributed by atoms with Gasteiger partial charge in [0.1, 0.15) is 23.9 Å². The maximum absolute atomic E-state index is 13.8. The fraction of sp³-hybridized carbons (Fsp3) is 0.263. The Morgan fingerprint density at radius 1 is 1.39 bits per heavy atom. The number of imidazole rings is 1. The standard InChI is InChI=1S/C19H19ClF2N4O2/c1-10(7-23)24-19(27)17-11(2)25-18-16(6-12(20)8-26(17)18)28-9-13-14(21)4-3-5-15(13)22/h3-6,8,10H,7,9,23H2,1-2H3,(H,24,27). The van der Waals surface area contributed by atoms with Gasteiger partial charge in [-0.3, -0.25) is 9.20 Å². The van der Waals surface area contributed by atoms with E-state index in [2.05, 4.69) is 10.3 Å². The lowest BCUT2D eigenvalue weighted by atomic mass is 10.2.